The van der Waals surface area contributed by atoms with Crippen molar-refractivity contribution in [1.29, 1.82) is 0 Å². The van der Waals surface area contributed by atoms with Crippen LogP contribution in [0.1, 0.15) is 11.5 Å². The standard InChI is InChI=1S/C13H10NO2S2/c15-6-9(17)11-10(8-4-2-1-3-5-8)12-13(16)14(11)7-18-12/h1-5,10-12H,7H2. The quantitative estimate of drug-likeness (QED) is 0.785. The van der Waals surface area contributed by atoms with Crippen LogP contribution in [0, 0.1) is 0 Å². The number of hydrogen-bond acceptors (Lipinski definition) is 4. The van der Waals surface area contributed by atoms with E-state index in [9.17, 15) is 9.59 Å². The molecule has 0 aliphatic carbocycles. The third-order valence-electron chi connectivity index (χ3n) is 3.48. The molecule has 1 aromatic rings. The second-order valence-electron chi connectivity index (χ2n) is 4.37. The van der Waals surface area contributed by atoms with Crippen molar-refractivity contribution >= 4 is 41.0 Å². The zero-order chi connectivity index (χ0) is 12.7. The van der Waals surface area contributed by atoms with Crippen LogP contribution in [0.2, 0.25) is 0 Å². The Labute approximate surface area is 115 Å². The monoisotopic (exact) mass is 276 g/mol. The Morgan fingerprint density at radius 2 is 2.11 bits per heavy atom. The Bertz CT molecular complexity index is 517. The number of thiocarbonyl (C=S) groups is 1. The van der Waals surface area contributed by atoms with Crippen molar-refractivity contribution in [2.24, 2.45) is 0 Å². The first kappa shape index (κ1) is 11.9. The van der Waals surface area contributed by atoms with Crippen molar-refractivity contribution in [3.63, 3.8) is 0 Å². The first-order chi connectivity index (χ1) is 8.74. The lowest BCUT2D eigenvalue weighted by molar-refractivity contribution is -0.126. The molecule has 2 aliphatic rings. The smallest absolute Gasteiger partial charge is 0.242 e. The highest BCUT2D eigenvalue weighted by molar-refractivity contribution is 8.01. The predicted octanol–water partition coefficient (Wildman–Crippen LogP) is 1.53. The van der Waals surface area contributed by atoms with E-state index in [1.54, 1.807) is 22.9 Å². The summed E-state index contributed by atoms with van der Waals surface area (Å²) in [7, 11) is 0. The van der Waals surface area contributed by atoms with Crippen molar-refractivity contribution in [3.05, 3.63) is 35.9 Å². The summed E-state index contributed by atoms with van der Waals surface area (Å²) in [5.74, 6) is 0.696. The summed E-state index contributed by atoms with van der Waals surface area (Å²) in [5, 5.41) is -0.108. The molecule has 3 nitrogen and oxygen atoms in total. The average molecular weight is 276 g/mol. The maximum absolute atomic E-state index is 12.1. The van der Waals surface area contributed by atoms with E-state index in [1.807, 2.05) is 30.3 Å². The van der Waals surface area contributed by atoms with E-state index in [0.717, 1.165) is 5.56 Å². The van der Waals surface area contributed by atoms with Gasteiger partial charge in [0, 0.05) is 5.92 Å². The van der Waals surface area contributed by atoms with E-state index in [4.69, 9.17) is 12.2 Å². The summed E-state index contributed by atoms with van der Waals surface area (Å²) in [4.78, 5) is 24.9. The van der Waals surface area contributed by atoms with E-state index in [-0.39, 0.29) is 28.0 Å². The molecule has 5 heteroatoms. The zero-order valence-corrected chi connectivity index (χ0v) is 11.0. The van der Waals surface area contributed by atoms with Crippen LogP contribution in [-0.4, -0.2) is 39.1 Å². The van der Waals surface area contributed by atoms with Gasteiger partial charge >= 0.3 is 0 Å². The van der Waals surface area contributed by atoms with Crippen LogP contribution in [0.5, 0.6) is 0 Å². The molecule has 91 valence electrons. The summed E-state index contributed by atoms with van der Waals surface area (Å²) in [6.45, 7) is 0. The van der Waals surface area contributed by atoms with Gasteiger partial charge in [0.2, 0.25) is 12.2 Å². The van der Waals surface area contributed by atoms with Gasteiger partial charge in [0.25, 0.3) is 0 Å². The topological polar surface area (TPSA) is 37.4 Å². The van der Waals surface area contributed by atoms with E-state index < -0.39 is 0 Å². The fourth-order valence-corrected chi connectivity index (χ4v) is 4.36. The molecule has 2 bridgehead atoms. The van der Waals surface area contributed by atoms with Crippen LogP contribution in [-0.2, 0) is 9.59 Å². The normalized spacial score (nSPS) is 29.7. The van der Waals surface area contributed by atoms with Crippen LogP contribution in [0.15, 0.2) is 30.3 Å². The first-order valence-corrected chi connectivity index (χ1v) is 7.09. The molecular formula is C13H10NO2S2. The van der Waals surface area contributed by atoms with E-state index >= 15 is 0 Å². The molecule has 2 aliphatic heterocycles. The van der Waals surface area contributed by atoms with Crippen LogP contribution in [0.3, 0.4) is 0 Å². The Balaban J connectivity index is 2.03. The average Bonchev–Trinajstić information content (AvgIpc) is 2.92. The molecule has 0 spiro atoms. The van der Waals surface area contributed by atoms with Crippen molar-refractivity contribution < 1.29 is 9.59 Å². The van der Waals surface area contributed by atoms with Crippen LogP contribution < -0.4 is 0 Å². The Morgan fingerprint density at radius 3 is 2.78 bits per heavy atom. The molecule has 0 aromatic heterocycles. The van der Waals surface area contributed by atoms with Crippen molar-refractivity contribution in [1.82, 2.24) is 4.90 Å². The molecule has 18 heavy (non-hydrogen) atoms. The van der Waals surface area contributed by atoms with Crippen molar-refractivity contribution in [2.75, 3.05) is 5.88 Å². The van der Waals surface area contributed by atoms with Gasteiger partial charge in [0.1, 0.15) is 0 Å². The third kappa shape index (κ3) is 1.61. The molecule has 2 fully saturated rings. The van der Waals surface area contributed by atoms with Gasteiger partial charge in [-0.1, -0.05) is 42.5 Å². The molecule has 2 saturated heterocycles. The minimum Gasteiger partial charge on any atom is -0.324 e. The Hall–Kier alpha value is -1.20. The fraction of sp³-hybridized carbons (Fsp3) is 0.308. The molecular weight excluding hydrogens is 266 g/mol. The predicted molar refractivity (Wildman–Crippen MR) is 74.4 cm³/mol. The molecule has 1 amide bonds. The van der Waals surface area contributed by atoms with Gasteiger partial charge in [-0.25, -0.2) is 0 Å². The molecule has 3 unspecified atom stereocenters. The van der Waals surface area contributed by atoms with E-state index in [1.165, 1.54) is 0 Å². The van der Waals surface area contributed by atoms with Gasteiger partial charge in [-0.05, 0) is 5.56 Å². The highest BCUT2D eigenvalue weighted by Gasteiger charge is 2.54. The van der Waals surface area contributed by atoms with Crippen LogP contribution in [0.4, 0.5) is 0 Å². The second kappa shape index (κ2) is 4.48. The number of nitrogens with zero attached hydrogens (tertiary/aromatic N) is 1. The minimum atomic E-state index is -0.293. The fourth-order valence-electron chi connectivity index (χ4n) is 2.69. The molecule has 3 rings (SSSR count). The number of thioether (sulfide) groups is 1. The summed E-state index contributed by atoms with van der Waals surface area (Å²) in [6, 6.07) is 9.50. The van der Waals surface area contributed by atoms with Gasteiger partial charge in [-0.2, -0.15) is 0 Å². The molecule has 3 atom stereocenters. The number of carbonyl (C=O) groups excluding carboxylic acids is 2. The SMILES string of the molecule is O=[C]C(=S)C1C(c2ccccc2)C2SCN1C2=O. The lowest BCUT2D eigenvalue weighted by Gasteiger charge is -2.30. The summed E-state index contributed by atoms with van der Waals surface area (Å²) >= 11 is 6.70. The van der Waals surface area contributed by atoms with Gasteiger partial charge in [-0.3, -0.25) is 9.59 Å². The number of hydrogen-bond donors (Lipinski definition) is 0. The molecule has 2 heterocycles. The van der Waals surface area contributed by atoms with Crippen LogP contribution >= 0.6 is 24.0 Å². The number of benzene rings is 1. The minimum absolute atomic E-state index is 0.0219. The summed E-state index contributed by atoms with van der Waals surface area (Å²) in [5.41, 5.74) is 1.06. The lowest BCUT2D eigenvalue weighted by atomic mass is 9.89. The Kier molecular flexibility index (Phi) is 2.95. The summed E-state index contributed by atoms with van der Waals surface area (Å²) in [6.07, 6.45) is 1.79. The third-order valence-corrected chi connectivity index (χ3v) is 5.08. The largest absolute Gasteiger partial charge is 0.324 e. The second-order valence-corrected chi connectivity index (χ2v) is 5.91. The van der Waals surface area contributed by atoms with Crippen molar-refractivity contribution in [3.8, 4) is 0 Å². The van der Waals surface area contributed by atoms with Gasteiger partial charge in [0.15, 0.2) is 0 Å². The van der Waals surface area contributed by atoms with Crippen LogP contribution in [0.25, 0.3) is 0 Å². The maximum Gasteiger partial charge on any atom is 0.242 e. The molecule has 1 radical (unpaired) electrons. The first-order valence-electron chi connectivity index (χ1n) is 5.63. The molecule has 0 saturated carbocycles. The highest BCUT2D eigenvalue weighted by atomic mass is 32.2. The zero-order valence-electron chi connectivity index (χ0n) is 9.41. The molecule has 1 aromatic carbocycles. The Morgan fingerprint density at radius 1 is 1.39 bits per heavy atom. The molecule has 0 N–H and O–H groups in total. The van der Waals surface area contributed by atoms with Gasteiger partial charge in [0.05, 0.1) is 22.0 Å². The lowest BCUT2D eigenvalue weighted by Crippen LogP contribution is -2.40. The van der Waals surface area contributed by atoms with Crippen molar-refractivity contribution in [2.45, 2.75) is 17.2 Å². The summed E-state index contributed by atoms with van der Waals surface area (Å²) < 4.78 is 0. The highest BCUT2D eigenvalue weighted by Crippen LogP contribution is 2.47. The van der Waals surface area contributed by atoms with Gasteiger partial charge < -0.3 is 4.90 Å². The van der Waals surface area contributed by atoms with Gasteiger partial charge in [-0.15, -0.1) is 11.8 Å². The van der Waals surface area contributed by atoms with E-state index in [2.05, 4.69) is 0 Å². The number of rotatable bonds is 3. The number of amides is 1. The van der Waals surface area contributed by atoms with E-state index in [0.29, 0.717) is 5.88 Å². The number of fused-ring (bicyclic) bond motifs is 2. The number of carbonyl (C=O) groups is 1. The maximum atomic E-state index is 12.1.